The average molecular weight is 258 g/mol. The van der Waals surface area contributed by atoms with Crippen LogP contribution in [0.25, 0.3) is 0 Å². The second-order valence-corrected chi connectivity index (χ2v) is 5.36. The molecule has 0 aliphatic rings. The van der Waals surface area contributed by atoms with Gasteiger partial charge in [-0.25, -0.2) is 0 Å². The molecule has 3 nitrogen and oxygen atoms in total. The minimum atomic E-state index is -1.64. The molecule has 0 radical (unpaired) electrons. The second kappa shape index (κ2) is 7.17. The van der Waals surface area contributed by atoms with Gasteiger partial charge in [-0.3, -0.25) is 13.4 Å². The molecule has 94 valence electrons. The van der Waals surface area contributed by atoms with Gasteiger partial charge in [-0.1, -0.05) is 30.3 Å². The van der Waals surface area contributed by atoms with Crippen molar-refractivity contribution in [3.63, 3.8) is 0 Å². The van der Waals surface area contributed by atoms with Gasteiger partial charge in [0, 0.05) is 10.8 Å². The predicted molar refractivity (Wildman–Crippen MR) is 65.2 cm³/mol. The summed E-state index contributed by atoms with van der Waals surface area (Å²) in [5.74, 6) is -1.32. The molecule has 0 amide bonds. The van der Waals surface area contributed by atoms with Crippen molar-refractivity contribution in [3.8, 4) is 0 Å². The van der Waals surface area contributed by atoms with Crippen molar-refractivity contribution in [2.75, 3.05) is 12.4 Å². The zero-order chi connectivity index (χ0) is 12.7. The Morgan fingerprint density at radius 3 is 2.53 bits per heavy atom. The molecule has 0 aliphatic heterocycles. The summed E-state index contributed by atoms with van der Waals surface area (Å²) >= 11 is 0. The average Bonchev–Trinajstić information content (AvgIpc) is 2.30. The van der Waals surface area contributed by atoms with Gasteiger partial charge in [0.05, 0.1) is 5.75 Å². The maximum atomic E-state index is 12.0. The minimum absolute atomic E-state index is 0.203. The van der Waals surface area contributed by atoms with E-state index in [1.54, 1.807) is 0 Å². The van der Waals surface area contributed by atoms with Gasteiger partial charge in [-0.2, -0.15) is 0 Å². The Hall–Kier alpha value is -1.23. The van der Waals surface area contributed by atoms with Crippen molar-refractivity contribution in [2.24, 2.45) is 0 Å². The molecule has 0 saturated carbocycles. The molecule has 2 unspecified atom stereocenters. The van der Waals surface area contributed by atoms with Gasteiger partial charge in [0.1, 0.15) is 11.9 Å². The van der Waals surface area contributed by atoms with Crippen LogP contribution in [0.3, 0.4) is 0 Å². The summed E-state index contributed by atoms with van der Waals surface area (Å²) in [6.07, 6.45) is 0.807. The van der Waals surface area contributed by atoms with E-state index < -0.39 is 28.7 Å². The van der Waals surface area contributed by atoms with E-state index in [-0.39, 0.29) is 12.2 Å². The van der Waals surface area contributed by atoms with Crippen LogP contribution in [0.5, 0.6) is 0 Å². The molecule has 1 aromatic rings. The maximum Gasteiger partial charge on any atom is 0.319 e. The maximum absolute atomic E-state index is 12.0. The van der Waals surface area contributed by atoms with E-state index in [1.165, 1.54) is 0 Å². The summed E-state index contributed by atoms with van der Waals surface area (Å²) in [5, 5.41) is 7.95. The highest BCUT2D eigenvalue weighted by Gasteiger charge is 2.23. The Morgan fingerprint density at radius 1 is 1.35 bits per heavy atom. The topological polar surface area (TPSA) is 54.4 Å². The highest BCUT2D eigenvalue weighted by atomic mass is 32.2. The van der Waals surface area contributed by atoms with Gasteiger partial charge in [0.25, 0.3) is 0 Å². The first-order chi connectivity index (χ1) is 8.15. The molecule has 0 aliphatic carbocycles. The van der Waals surface area contributed by atoms with E-state index in [0.717, 1.165) is 5.56 Å². The van der Waals surface area contributed by atoms with E-state index in [1.807, 2.05) is 30.3 Å². The second-order valence-electron chi connectivity index (χ2n) is 3.63. The molecule has 0 spiro atoms. The number of carboxylic acids is 1. The molecule has 1 N–H and O–H groups in total. The molecule has 0 aromatic heterocycles. The van der Waals surface area contributed by atoms with Crippen molar-refractivity contribution in [3.05, 3.63) is 35.9 Å². The van der Waals surface area contributed by atoms with E-state index in [2.05, 4.69) is 0 Å². The smallest absolute Gasteiger partial charge is 0.319 e. The number of rotatable bonds is 7. The Morgan fingerprint density at radius 2 is 2.00 bits per heavy atom. The summed E-state index contributed by atoms with van der Waals surface area (Å²) in [7, 11) is -1.64. The SMILES string of the molecule is O=C(O)C(CCc1ccccc1)S(=O)CCF. The van der Waals surface area contributed by atoms with Gasteiger partial charge in [-0.05, 0) is 18.4 Å². The predicted octanol–water partition coefficient (Wildman–Crippen LogP) is 1.79. The molecule has 1 rings (SSSR count). The van der Waals surface area contributed by atoms with Gasteiger partial charge in [0.2, 0.25) is 0 Å². The van der Waals surface area contributed by atoms with Crippen LogP contribution in [0.15, 0.2) is 30.3 Å². The molecular weight excluding hydrogens is 243 g/mol. The highest BCUT2D eigenvalue weighted by Crippen LogP contribution is 2.10. The molecular formula is C12H15FO3S. The Bertz CT molecular complexity index is 381. The summed E-state index contributed by atoms with van der Waals surface area (Å²) < 4.78 is 23.5. The third-order valence-corrected chi connectivity index (χ3v) is 4.04. The van der Waals surface area contributed by atoms with E-state index >= 15 is 0 Å². The lowest BCUT2D eigenvalue weighted by molar-refractivity contribution is -0.136. The number of hydrogen-bond donors (Lipinski definition) is 1. The highest BCUT2D eigenvalue weighted by molar-refractivity contribution is 7.86. The molecule has 17 heavy (non-hydrogen) atoms. The number of halogens is 1. The standard InChI is InChI=1S/C12H15FO3S/c13-8-9-17(16)11(12(14)15)7-6-10-4-2-1-3-5-10/h1-5,11H,6-9H2,(H,14,15). The van der Waals surface area contributed by atoms with Crippen LogP contribution in [0.2, 0.25) is 0 Å². The molecule has 1 aromatic carbocycles. The quantitative estimate of drug-likeness (QED) is 0.811. The van der Waals surface area contributed by atoms with E-state index in [0.29, 0.717) is 6.42 Å². The van der Waals surface area contributed by atoms with Gasteiger partial charge < -0.3 is 5.11 Å². The molecule has 5 heteroatoms. The Kier molecular flexibility index (Phi) is 5.83. The number of carboxylic acid groups (broad SMARTS) is 1. The first kappa shape index (κ1) is 13.8. The summed E-state index contributed by atoms with van der Waals surface area (Å²) in [6.45, 7) is -0.748. The van der Waals surface area contributed by atoms with Crippen LogP contribution < -0.4 is 0 Å². The van der Waals surface area contributed by atoms with Crippen LogP contribution in [-0.2, 0) is 22.0 Å². The fourth-order valence-corrected chi connectivity index (χ4v) is 2.57. The molecule has 0 fully saturated rings. The lowest BCUT2D eigenvalue weighted by Crippen LogP contribution is -2.28. The largest absolute Gasteiger partial charge is 0.480 e. The fourth-order valence-electron chi connectivity index (χ4n) is 1.53. The molecule has 0 bridgehead atoms. The van der Waals surface area contributed by atoms with Gasteiger partial charge in [-0.15, -0.1) is 0 Å². The number of benzene rings is 1. The number of hydrogen-bond acceptors (Lipinski definition) is 2. The van der Waals surface area contributed by atoms with Crippen LogP contribution in [0.1, 0.15) is 12.0 Å². The minimum Gasteiger partial charge on any atom is -0.480 e. The van der Waals surface area contributed by atoms with Crippen LogP contribution in [-0.4, -0.2) is 33.0 Å². The Balaban J connectivity index is 2.56. The number of aliphatic carboxylic acids is 1. The fraction of sp³-hybridized carbons (Fsp3) is 0.417. The van der Waals surface area contributed by atoms with Gasteiger partial charge in [0.15, 0.2) is 0 Å². The normalized spacial score (nSPS) is 14.2. The first-order valence-corrected chi connectivity index (χ1v) is 6.73. The zero-order valence-electron chi connectivity index (χ0n) is 9.34. The Labute approximate surface area is 102 Å². The number of alkyl halides is 1. The summed E-state index contributed by atoms with van der Waals surface area (Å²) in [6, 6.07) is 9.38. The van der Waals surface area contributed by atoms with Crippen molar-refractivity contribution in [1.82, 2.24) is 0 Å². The van der Waals surface area contributed by atoms with Crippen LogP contribution >= 0.6 is 0 Å². The van der Waals surface area contributed by atoms with Crippen molar-refractivity contribution < 1.29 is 18.5 Å². The molecule has 0 heterocycles. The third-order valence-electron chi connectivity index (χ3n) is 2.41. The zero-order valence-corrected chi connectivity index (χ0v) is 10.2. The summed E-state index contributed by atoms with van der Waals surface area (Å²) in [5.41, 5.74) is 0.996. The van der Waals surface area contributed by atoms with Crippen molar-refractivity contribution in [2.45, 2.75) is 18.1 Å². The number of carbonyl (C=O) groups is 1. The van der Waals surface area contributed by atoms with Crippen LogP contribution in [0.4, 0.5) is 4.39 Å². The third kappa shape index (κ3) is 4.65. The monoisotopic (exact) mass is 258 g/mol. The number of aryl methyl sites for hydroxylation is 1. The molecule has 0 saturated heterocycles. The first-order valence-electron chi connectivity index (χ1n) is 5.35. The summed E-state index contributed by atoms with van der Waals surface area (Å²) in [4.78, 5) is 10.9. The lowest BCUT2D eigenvalue weighted by atomic mass is 10.1. The van der Waals surface area contributed by atoms with Crippen LogP contribution in [0, 0.1) is 0 Å². The van der Waals surface area contributed by atoms with Crippen molar-refractivity contribution in [1.29, 1.82) is 0 Å². The van der Waals surface area contributed by atoms with Crippen molar-refractivity contribution >= 4 is 16.8 Å². The van der Waals surface area contributed by atoms with E-state index in [4.69, 9.17) is 5.11 Å². The van der Waals surface area contributed by atoms with E-state index in [9.17, 15) is 13.4 Å². The molecule has 2 atom stereocenters. The lowest BCUT2D eigenvalue weighted by Gasteiger charge is -2.11. The van der Waals surface area contributed by atoms with Gasteiger partial charge >= 0.3 is 5.97 Å².